The smallest absolute Gasteiger partial charge is 0.254 e. The van der Waals surface area contributed by atoms with E-state index in [9.17, 15) is 4.79 Å². The average molecular weight is 380 g/mol. The zero-order chi connectivity index (χ0) is 19.0. The largest absolute Gasteiger partial charge is 0.373 e. The Morgan fingerprint density at radius 2 is 2.04 bits per heavy atom. The third-order valence-electron chi connectivity index (χ3n) is 6.70. The Hall–Kier alpha value is -1.98. The average Bonchev–Trinajstić information content (AvgIpc) is 3.38. The summed E-state index contributed by atoms with van der Waals surface area (Å²) in [5, 5.41) is 0.939. The van der Waals surface area contributed by atoms with Crippen LogP contribution in [0.15, 0.2) is 36.5 Å². The van der Waals surface area contributed by atoms with Gasteiger partial charge in [-0.3, -0.25) is 9.78 Å². The fourth-order valence-corrected chi connectivity index (χ4v) is 5.40. The Bertz CT molecular complexity index is 859. The van der Waals surface area contributed by atoms with Gasteiger partial charge in [-0.15, -0.1) is 0 Å². The van der Waals surface area contributed by atoms with Crippen molar-refractivity contribution in [1.29, 1.82) is 0 Å². The van der Waals surface area contributed by atoms with Crippen LogP contribution in [0.2, 0.25) is 0 Å². The highest BCUT2D eigenvalue weighted by Crippen LogP contribution is 2.38. The molecule has 4 heterocycles. The number of piperidine rings is 1. The van der Waals surface area contributed by atoms with Gasteiger partial charge in [0.25, 0.3) is 5.91 Å². The van der Waals surface area contributed by atoms with Crippen LogP contribution in [0.1, 0.15) is 42.5 Å². The molecule has 5 nitrogen and oxygen atoms in total. The molecule has 5 rings (SSSR count). The van der Waals surface area contributed by atoms with Crippen LogP contribution in [0, 0.1) is 5.92 Å². The normalized spacial score (nSPS) is 28.4. The van der Waals surface area contributed by atoms with Crippen molar-refractivity contribution >= 4 is 16.8 Å². The molecule has 3 aliphatic heterocycles. The Morgan fingerprint density at radius 3 is 2.93 bits per heavy atom. The summed E-state index contributed by atoms with van der Waals surface area (Å²) in [6, 6.07) is 9.72. The molecule has 0 aliphatic carbocycles. The zero-order valence-electron chi connectivity index (χ0n) is 16.5. The van der Waals surface area contributed by atoms with Gasteiger partial charge in [0.1, 0.15) is 0 Å². The van der Waals surface area contributed by atoms with E-state index in [1.807, 2.05) is 35.2 Å². The highest BCUT2D eigenvalue weighted by molar-refractivity contribution is 6.06. The number of aromatic nitrogens is 1. The van der Waals surface area contributed by atoms with E-state index < -0.39 is 0 Å². The van der Waals surface area contributed by atoms with Gasteiger partial charge in [0.15, 0.2) is 0 Å². The summed E-state index contributed by atoms with van der Waals surface area (Å²) in [7, 11) is 0. The van der Waals surface area contributed by atoms with Gasteiger partial charge < -0.3 is 14.5 Å². The summed E-state index contributed by atoms with van der Waals surface area (Å²) in [6.07, 6.45) is 7.63. The molecule has 3 aliphatic rings. The molecule has 0 bridgehead atoms. The number of fused-ring (bicyclic) bond motifs is 1. The highest BCUT2D eigenvalue weighted by atomic mass is 16.5. The molecule has 2 atom stereocenters. The highest BCUT2D eigenvalue weighted by Gasteiger charge is 2.45. The van der Waals surface area contributed by atoms with Crippen molar-refractivity contribution in [1.82, 2.24) is 14.8 Å². The molecule has 0 unspecified atom stereocenters. The molecule has 1 aromatic heterocycles. The second-order valence-electron chi connectivity index (χ2n) is 8.78. The molecule has 3 saturated heterocycles. The number of amides is 1. The minimum absolute atomic E-state index is 0.115. The Kier molecular flexibility index (Phi) is 4.81. The van der Waals surface area contributed by atoms with Crippen molar-refractivity contribution in [2.45, 2.75) is 37.7 Å². The molecule has 0 saturated carbocycles. The molecule has 1 aromatic carbocycles. The molecular weight excluding hydrogens is 350 g/mol. The predicted molar refractivity (Wildman–Crippen MR) is 109 cm³/mol. The van der Waals surface area contributed by atoms with Crippen LogP contribution in [0.3, 0.4) is 0 Å². The van der Waals surface area contributed by atoms with E-state index in [4.69, 9.17) is 4.74 Å². The minimum atomic E-state index is -0.138. The summed E-state index contributed by atoms with van der Waals surface area (Å²) >= 11 is 0. The molecule has 1 spiro atoms. The maximum atomic E-state index is 13.3. The first-order chi connectivity index (χ1) is 13.7. The summed E-state index contributed by atoms with van der Waals surface area (Å²) in [5.74, 6) is 0.721. The minimum Gasteiger partial charge on any atom is -0.373 e. The molecule has 3 fully saturated rings. The van der Waals surface area contributed by atoms with Crippen LogP contribution >= 0.6 is 0 Å². The van der Waals surface area contributed by atoms with E-state index in [-0.39, 0.29) is 11.5 Å². The zero-order valence-corrected chi connectivity index (χ0v) is 16.5. The molecule has 1 amide bonds. The number of rotatable bonds is 3. The lowest BCUT2D eigenvalue weighted by Gasteiger charge is -2.40. The number of pyridine rings is 1. The fraction of sp³-hybridized carbons (Fsp3) is 0.565. The Balaban J connectivity index is 1.31. The van der Waals surface area contributed by atoms with Crippen LogP contribution in [0.25, 0.3) is 10.9 Å². The van der Waals surface area contributed by atoms with E-state index in [1.165, 1.54) is 25.9 Å². The van der Waals surface area contributed by atoms with Crippen molar-refractivity contribution in [2.24, 2.45) is 5.92 Å². The predicted octanol–water partition coefficient (Wildman–Crippen LogP) is 3.34. The fourth-order valence-electron chi connectivity index (χ4n) is 5.40. The van der Waals surface area contributed by atoms with Gasteiger partial charge in [0.05, 0.1) is 17.7 Å². The molecule has 5 heteroatoms. The van der Waals surface area contributed by atoms with E-state index in [0.717, 1.165) is 62.0 Å². The first-order valence-electron chi connectivity index (χ1n) is 10.7. The monoisotopic (exact) mass is 379 g/mol. The van der Waals surface area contributed by atoms with Crippen LogP contribution in [0.4, 0.5) is 0 Å². The van der Waals surface area contributed by atoms with Crippen LogP contribution < -0.4 is 0 Å². The number of carbonyl (C=O) groups excluding carboxylic acids is 1. The number of benzene rings is 1. The Morgan fingerprint density at radius 1 is 1.14 bits per heavy atom. The first-order valence-corrected chi connectivity index (χ1v) is 10.7. The van der Waals surface area contributed by atoms with Gasteiger partial charge in [0.2, 0.25) is 0 Å². The first kappa shape index (κ1) is 18.1. The number of ether oxygens (including phenoxy) is 1. The maximum absolute atomic E-state index is 13.3. The number of likely N-dealkylation sites (tertiary alicyclic amines) is 2. The quantitative estimate of drug-likeness (QED) is 0.821. The summed E-state index contributed by atoms with van der Waals surface area (Å²) in [6.45, 7) is 6.02. The number of nitrogens with zero attached hydrogens (tertiary/aromatic N) is 3. The molecular formula is C23H29N3O2. The van der Waals surface area contributed by atoms with E-state index in [0.29, 0.717) is 5.92 Å². The number of hydrogen-bond donors (Lipinski definition) is 0. The third-order valence-corrected chi connectivity index (χ3v) is 6.70. The van der Waals surface area contributed by atoms with Crippen molar-refractivity contribution in [3.8, 4) is 0 Å². The van der Waals surface area contributed by atoms with Crippen LogP contribution in [0.5, 0.6) is 0 Å². The SMILES string of the molecule is O=C(c1cccc2ncccc12)N1CCC[C@@]2(C[C@@H](CN3CCCC3)CO2)C1. The topological polar surface area (TPSA) is 45.7 Å². The van der Waals surface area contributed by atoms with Crippen molar-refractivity contribution in [3.63, 3.8) is 0 Å². The van der Waals surface area contributed by atoms with Crippen LogP contribution in [-0.2, 0) is 4.74 Å². The van der Waals surface area contributed by atoms with Crippen LogP contribution in [-0.4, -0.2) is 65.6 Å². The third kappa shape index (κ3) is 3.42. The van der Waals surface area contributed by atoms with Gasteiger partial charge in [0, 0.05) is 36.8 Å². The molecule has 28 heavy (non-hydrogen) atoms. The van der Waals surface area contributed by atoms with E-state index >= 15 is 0 Å². The van der Waals surface area contributed by atoms with Gasteiger partial charge in [-0.2, -0.15) is 0 Å². The van der Waals surface area contributed by atoms with Crippen molar-refractivity contribution < 1.29 is 9.53 Å². The van der Waals surface area contributed by atoms with Crippen molar-refractivity contribution in [3.05, 3.63) is 42.1 Å². The lowest BCUT2D eigenvalue weighted by atomic mass is 9.86. The second kappa shape index (κ2) is 7.45. The van der Waals surface area contributed by atoms with Gasteiger partial charge in [-0.25, -0.2) is 0 Å². The standard InChI is InChI=1S/C23H29N3O2/c27-22(20-6-3-8-21-19(20)7-4-10-24-21)26-13-5-9-23(17-26)14-18(16-28-23)15-25-11-1-2-12-25/h3-4,6-8,10,18H,1-2,5,9,11-17H2/t18-,23+/m0/s1. The molecule has 148 valence electrons. The van der Waals surface area contributed by atoms with Gasteiger partial charge in [-0.1, -0.05) is 12.1 Å². The van der Waals surface area contributed by atoms with E-state index in [2.05, 4.69) is 9.88 Å². The lowest BCUT2D eigenvalue weighted by molar-refractivity contribution is -0.0450. The van der Waals surface area contributed by atoms with Gasteiger partial charge >= 0.3 is 0 Å². The maximum Gasteiger partial charge on any atom is 0.254 e. The second-order valence-corrected chi connectivity index (χ2v) is 8.78. The lowest BCUT2D eigenvalue weighted by Crippen LogP contribution is -2.50. The number of carbonyl (C=O) groups is 1. The van der Waals surface area contributed by atoms with Gasteiger partial charge in [-0.05, 0) is 69.3 Å². The van der Waals surface area contributed by atoms with E-state index in [1.54, 1.807) is 6.20 Å². The number of hydrogen-bond acceptors (Lipinski definition) is 4. The Labute approximate surface area is 166 Å². The summed E-state index contributed by atoms with van der Waals surface area (Å²) in [5.41, 5.74) is 1.50. The molecule has 2 aromatic rings. The summed E-state index contributed by atoms with van der Waals surface area (Å²) in [4.78, 5) is 22.3. The molecule has 0 radical (unpaired) electrons. The molecule has 0 N–H and O–H groups in total. The summed E-state index contributed by atoms with van der Waals surface area (Å²) < 4.78 is 6.38. The van der Waals surface area contributed by atoms with Crippen molar-refractivity contribution in [2.75, 3.05) is 39.3 Å².